The molecular formula is C12H13ClF3N3O2. The summed E-state index contributed by atoms with van der Waals surface area (Å²) in [6.45, 7) is 0. The number of nitrogens with zero attached hydrogens (tertiary/aromatic N) is 3. The number of hydrogen-bond acceptors (Lipinski definition) is 5. The van der Waals surface area contributed by atoms with Gasteiger partial charge in [-0.25, -0.2) is 4.98 Å². The van der Waals surface area contributed by atoms with E-state index in [2.05, 4.69) is 9.97 Å². The SMILES string of the molecule is OC1C(C(F)(F)F)Oc2cnc(Cl)nc2N1C1CCCC1. The molecule has 1 fully saturated rings. The highest BCUT2D eigenvalue weighted by molar-refractivity contribution is 6.28. The maximum Gasteiger partial charge on any atom is 0.429 e. The van der Waals surface area contributed by atoms with Gasteiger partial charge in [0.15, 0.2) is 17.8 Å². The van der Waals surface area contributed by atoms with Gasteiger partial charge in [0.1, 0.15) is 0 Å². The van der Waals surface area contributed by atoms with E-state index in [1.165, 1.54) is 4.90 Å². The van der Waals surface area contributed by atoms with E-state index in [-0.39, 0.29) is 22.9 Å². The molecule has 9 heteroatoms. The lowest BCUT2D eigenvalue weighted by molar-refractivity contribution is -0.224. The fourth-order valence-electron chi connectivity index (χ4n) is 2.89. The van der Waals surface area contributed by atoms with E-state index in [0.717, 1.165) is 19.0 Å². The molecule has 0 aromatic carbocycles. The lowest BCUT2D eigenvalue weighted by Gasteiger charge is -2.42. The van der Waals surface area contributed by atoms with Crippen molar-refractivity contribution in [3.63, 3.8) is 0 Å². The molecule has 1 saturated carbocycles. The normalized spacial score (nSPS) is 26.6. The minimum absolute atomic E-state index is 0.0991. The van der Waals surface area contributed by atoms with Crippen LogP contribution in [0.1, 0.15) is 25.7 Å². The Kier molecular flexibility index (Phi) is 3.61. The monoisotopic (exact) mass is 323 g/mol. The first kappa shape index (κ1) is 14.6. The van der Waals surface area contributed by atoms with Gasteiger partial charge in [-0.2, -0.15) is 18.2 Å². The van der Waals surface area contributed by atoms with Gasteiger partial charge in [0, 0.05) is 6.04 Å². The van der Waals surface area contributed by atoms with E-state index in [4.69, 9.17) is 16.3 Å². The second-order valence-corrected chi connectivity index (χ2v) is 5.50. The van der Waals surface area contributed by atoms with Crippen LogP contribution in [0.15, 0.2) is 6.20 Å². The van der Waals surface area contributed by atoms with E-state index < -0.39 is 18.5 Å². The van der Waals surface area contributed by atoms with Crippen molar-refractivity contribution in [3.05, 3.63) is 11.5 Å². The Bertz CT molecular complexity index is 537. The van der Waals surface area contributed by atoms with E-state index >= 15 is 0 Å². The second-order valence-electron chi connectivity index (χ2n) is 5.17. The van der Waals surface area contributed by atoms with Crippen molar-refractivity contribution in [2.45, 2.75) is 50.2 Å². The Hall–Kier alpha value is -1.28. The van der Waals surface area contributed by atoms with Crippen LogP contribution in [0.5, 0.6) is 5.75 Å². The van der Waals surface area contributed by atoms with Gasteiger partial charge in [-0.3, -0.25) is 0 Å². The van der Waals surface area contributed by atoms with Gasteiger partial charge in [-0.15, -0.1) is 0 Å². The summed E-state index contributed by atoms with van der Waals surface area (Å²) in [6, 6.07) is -0.210. The molecule has 2 aliphatic rings. The third-order valence-corrected chi connectivity index (χ3v) is 3.98. The molecule has 0 spiro atoms. The molecule has 21 heavy (non-hydrogen) atoms. The molecule has 1 aliphatic carbocycles. The summed E-state index contributed by atoms with van der Waals surface area (Å²) >= 11 is 5.71. The molecule has 0 saturated heterocycles. The van der Waals surface area contributed by atoms with Gasteiger partial charge in [-0.1, -0.05) is 12.8 Å². The number of ether oxygens (including phenoxy) is 1. The van der Waals surface area contributed by atoms with E-state index in [1.54, 1.807) is 0 Å². The van der Waals surface area contributed by atoms with Crippen molar-refractivity contribution in [2.24, 2.45) is 0 Å². The summed E-state index contributed by atoms with van der Waals surface area (Å²) in [6.07, 6.45) is -4.54. The van der Waals surface area contributed by atoms with Crippen molar-refractivity contribution < 1.29 is 23.0 Å². The van der Waals surface area contributed by atoms with Crippen LogP contribution in [-0.2, 0) is 0 Å². The first-order valence-electron chi connectivity index (χ1n) is 6.60. The number of alkyl halides is 3. The Morgan fingerprint density at radius 3 is 2.62 bits per heavy atom. The number of fused-ring (bicyclic) bond motifs is 1. The van der Waals surface area contributed by atoms with Crippen LogP contribution in [0.3, 0.4) is 0 Å². The Labute approximate surface area is 123 Å². The fraction of sp³-hybridized carbons (Fsp3) is 0.667. The van der Waals surface area contributed by atoms with Gasteiger partial charge in [0.25, 0.3) is 0 Å². The zero-order valence-electron chi connectivity index (χ0n) is 10.8. The van der Waals surface area contributed by atoms with Crippen LogP contribution < -0.4 is 9.64 Å². The van der Waals surface area contributed by atoms with Crippen molar-refractivity contribution in [2.75, 3.05) is 4.90 Å². The Morgan fingerprint density at radius 2 is 2.00 bits per heavy atom. The molecule has 1 aromatic rings. The number of anilines is 1. The van der Waals surface area contributed by atoms with Crippen LogP contribution in [0.4, 0.5) is 19.0 Å². The summed E-state index contributed by atoms with van der Waals surface area (Å²) in [5.41, 5.74) is 0. The van der Waals surface area contributed by atoms with Crippen molar-refractivity contribution in [1.29, 1.82) is 0 Å². The molecule has 1 N–H and O–H groups in total. The predicted molar refractivity (Wildman–Crippen MR) is 68.3 cm³/mol. The van der Waals surface area contributed by atoms with Crippen molar-refractivity contribution >= 4 is 17.4 Å². The first-order valence-corrected chi connectivity index (χ1v) is 6.98. The van der Waals surface area contributed by atoms with Crippen LogP contribution in [0.25, 0.3) is 0 Å². The largest absolute Gasteiger partial charge is 0.471 e. The van der Waals surface area contributed by atoms with Gasteiger partial charge >= 0.3 is 6.18 Å². The molecule has 116 valence electrons. The first-order chi connectivity index (χ1) is 9.88. The lowest BCUT2D eigenvalue weighted by atomic mass is 10.1. The maximum atomic E-state index is 13.0. The van der Waals surface area contributed by atoms with Gasteiger partial charge < -0.3 is 14.7 Å². The number of rotatable bonds is 1. The van der Waals surface area contributed by atoms with Gasteiger partial charge in [0.2, 0.25) is 11.4 Å². The highest BCUT2D eigenvalue weighted by atomic mass is 35.5. The average molecular weight is 324 g/mol. The maximum absolute atomic E-state index is 13.0. The fourth-order valence-corrected chi connectivity index (χ4v) is 3.01. The molecular weight excluding hydrogens is 311 g/mol. The van der Waals surface area contributed by atoms with E-state index in [9.17, 15) is 18.3 Å². The van der Waals surface area contributed by atoms with Crippen molar-refractivity contribution in [3.8, 4) is 5.75 Å². The summed E-state index contributed by atoms with van der Waals surface area (Å²) < 4.78 is 44.0. The molecule has 0 bridgehead atoms. The number of aromatic nitrogens is 2. The van der Waals surface area contributed by atoms with Gasteiger partial charge in [-0.05, 0) is 24.4 Å². The molecule has 2 atom stereocenters. The van der Waals surface area contributed by atoms with Crippen molar-refractivity contribution in [1.82, 2.24) is 9.97 Å². The summed E-state index contributed by atoms with van der Waals surface area (Å²) in [5, 5.41) is 10.0. The molecule has 3 rings (SSSR count). The van der Waals surface area contributed by atoms with E-state index in [0.29, 0.717) is 12.8 Å². The smallest absolute Gasteiger partial charge is 0.429 e. The molecule has 1 aliphatic heterocycles. The zero-order valence-corrected chi connectivity index (χ0v) is 11.6. The third-order valence-electron chi connectivity index (χ3n) is 3.80. The van der Waals surface area contributed by atoms with E-state index in [1.807, 2.05) is 0 Å². The number of aliphatic hydroxyl groups excluding tert-OH is 1. The average Bonchev–Trinajstić information content (AvgIpc) is 2.90. The lowest BCUT2D eigenvalue weighted by Crippen LogP contribution is -2.59. The highest BCUT2D eigenvalue weighted by Crippen LogP contribution is 2.42. The highest BCUT2D eigenvalue weighted by Gasteiger charge is 2.53. The Balaban J connectivity index is 2.04. The minimum atomic E-state index is -4.69. The minimum Gasteiger partial charge on any atom is -0.471 e. The standard InChI is InChI=1S/C12H13ClF3N3O2/c13-11-17-5-7-9(18-11)19(6-3-1-2-4-6)10(20)8(21-7)12(14,15)16/h5-6,8,10,20H,1-4H2. The summed E-state index contributed by atoms with van der Waals surface area (Å²) in [7, 11) is 0. The molecule has 2 heterocycles. The van der Waals surface area contributed by atoms with Crippen LogP contribution in [0.2, 0.25) is 5.28 Å². The second kappa shape index (κ2) is 5.17. The third kappa shape index (κ3) is 2.62. The molecule has 0 radical (unpaired) electrons. The molecule has 1 aromatic heterocycles. The molecule has 5 nitrogen and oxygen atoms in total. The van der Waals surface area contributed by atoms with Crippen LogP contribution in [-0.4, -0.2) is 39.6 Å². The molecule has 2 unspecified atom stereocenters. The topological polar surface area (TPSA) is 58.5 Å². The zero-order chi connectivity index (χ0) is 15.2. The predicted octanol–water partition coefficient (Wildman–Crippen LogP) is 2.52. The molecule has 0 amide bonds. The Morgan fingerprint density at radius 1 is 1.33 bits per heavy atom. The van der Waals surface area contributed by atoms with Crippen LogP contribution in [0, 0.1) is 0 Å². The summed E-state index contributed by atoms with van der Waals surface area (Å²) in [5.74, 6) is 0.00817. The number of halogens is 4. The number of hydrogen-bond donors (Lipinski definition) is 1. The van der Waals surface area contributed by atoms with Gasteiger partial charge in [0.05, 0.1) is 6.20 Å². The quantitative estimate of drug-likeness (QED) is 0.805. The summed E-state index contributed by atoms with van der Waals surface area (Å²) in [4.78, 5) is 8.86. The number of aliphatic hydroxyl groups is 1. The van der Waals surface area contributed by atoms with Crippen LogP contribution >= 0.6 is 11.6 Å².